The lowest BCUT2D eigenvalue weighted by molar-refractivity contribution is -0.118. The number of halogens is 1. The summed E-state index contributed by atoms with van der Waals surface area (Å²) >= 11 is 0. The van der Waals surface area contributed by atoms with Crippen molar-refractivity contribution in [1.29, 1.82) is 0 Å². The van der Waals surface area contributed by atoms with E-state index >= 15 is 0 Å². The molecule has 0 bridgehead atoms. The first-order valence-corrected chi connectivity index (χ1v) is 8.39. The number of oxazole rings is 1. The molecule has 1 amide bonds. The molecule has 5 nitrogen and oxygen atoms in total. The first-order chi connectivity index (χ1) is 10.6. The fourth-order valence-electron chi connectivity index (χ4n) is 1.81. The fraction of sp³-hybridized carbons (Fsp3) is 0.333. The maximum absolute atomic E-state index is 13.2. The number of hydrogen-bond acceptors (Lipinski definition) is 4. The molecule has 0 aliphatic carbocycles. The third-order valence-corrected chi connectivity index (χ3v) is 4.00. The third-order valence-electron chi connectivity index (χ3n) is 2.80. The number of rotatable bonds is 7. The Hall–Kier alpha value is -2.02. The molecule has 0 radical (unpaired) electrons. The van der Waals surface area contributed by atoms with Crippen LogP contribution in [0.15, 0.2) is 34.9 Å². The van der Waals surface area contributed by atoms with Crippen molar-refractivity contribution in [3.05, 3.63) is 42.0 Å². The van der Waals surface area contributed by atoms with Crippen LogP contribution in [0.4, 0.5) is 4.39 Å². The largest absolute Gasteiger partial charge is 0.444 e. The van der Waals surface area contributed by atoms with Crippen LogP contribution in [0.1, 0.15) is 19.0 Å². The Labute approximate surface area is 130 Å². The zero-order chi connectivity index (χ0) is 15.9. The molecule has 22 heavy (non-hydrogen) atoms. The summed E-state index contributed by atoms with van der Waals surface area (Å²) in [5, 5.41) is 2.67. The molecule has 0 aliphatic heterocycles. The molecule has 1 N–H and O–H groups in total. The van der Waals surface area contributed by atoms with Gasteiger partial charge in [-0.25, -0.2) is 9.37 Å². The van der Waals surface area contributed by atoms with E-state index in [1.807, 2.05) is 6.92 Å². The summed E-state index contributed by atoms with van der Waals surface area (Å²) in [5.74, 6) is -0.301. The predicted octanol–water partition coefficient (Wildman–Crippen LogP) is 2.26. The van der Waals surface area contributed by atoms with Crippen LogP contribution in [0, 0.1) is 5.82 Å². The number of nitrogens with one attached hydrogen (secondary N) is 1. The highest BCUT2D eigenvalue weighted by molar-refractivity contribution is 7.84. The minimum absolute atomic E-state index is 0.0673. The van der Waals surface area contributed by atoms with Gasteiger partial charge in [0.2, 0.25) is 11.8 Å². The van der Waals surface area contributed by atoms with Gasteiger partial charge in [-0.15, -0.1) is 0 Å². The highest BCUT2D eigenvalue weighted by Crippen LogP contribution is 2.19. The highest BCUT2D eigenvalue weighted by atomic mass is 32.2. The monoisotopic (exact) mass is 324 g/mol. The Bertz CT molecular complexity index is 672. The van der Waals surface area contributed by atoms with Crippen molar-refractivity contribution in [2.75, 3.05) is 12.3 Å². The fourth-order valence-corrected chi connectivity index (χ4v) is 2.76. The minimum Gasteiger partial charge on any atom is -0.444 e. The summed E-state index contributed by atoms with van der Waals surface area (Å²) in [6.45, 7) is 2.52. The Kier molecular flexibility index (Phi) is 5.83. The Balaban J connectivity index is 1.94. The molecule has 1 heterocycles. The molecule has 118 valence electrons. The first kappa shape index (κ1) is 16.4. The van der Waals surface area contributed by atoms with Gasteiger partial charge in [-0.1, -0.05) is 13.0 Å². The second kappa shape index (κ2) is 7.84. The van der Waals surface area contributed by atoms with E-state index in [4.69, 9.17) is 4.42 Å². The number of nitrogens with zero attached hydrogens (tertiary/aromatic N) is 1. The van der Waals surface area contributed by atoms with E-state index in [0.717, 1.165) is 6.42 Å². The van der Waals surface area contributed by atoms with Gasteiger partial charge in [0.15, 0.2) is 0 Å². The van der Waals surface area contributed by atoms with Crippen LogP contribution < -0.4 is 5.32 Å². The van der Waals surface area contributed by atoms with Gasteiger partial charge in [0.05, 0.1) is 11.4 Å². The molecule has 0 fully saturated rings. The van der Waals surface area contributed by atoms with Crippen molar-refractivity contribution in [2.45, 2.75) is 19.1 Å². The molecule has 2 rings (SSSR count). The quantitative estimate of drug-likeness (QED) is 0.848. The van der Waals surface area contributed by atoms with E-state index in [0.29, 0.717) is 17.8 Å². The minimum atomic E-state index is -1.36. The smallest absolute Gasteiger partial charge is 0.232 e. The van der Waals surface area contributed by atoms with Crippen LogP contribution in [0.25, 0.3) is 11.5 Å². The van der Waals surface area contributed by atoms with Gasteiger partial charge in [0.25, 0.3) is 0 Å². The van der Waals surface area contributed by atoms with Gasteiger partial charge >= 0.3 is 0 Å². The third kappa shape index (κ3) is 4.77. The van der Waals surface area contributed by atoms with E-state index < -0.39 is 10.8 Å². The Morgan fingerprint density at radius 1 is 1.45 bits per heavy atom. The molecule has 7 heteroatoms. The van der Waals surface area contributed by atoms with Crippen molar-refractivity contribution in [3.8, 4) is 11.5 Å². The number of aromatic nitrogens is 1. The second-order valence-electron chi connectivity index (χ2n) is 4.73. The zero-order valence-corrected chi connectivity index (χ0v) is 13.0. The topological polar surface area (TPSA) is 72.2 Å². The van der Waals surface area contributed by atoms with E-state index in [1.165, 1.54) is 18.4 Å². The Morgan fingerprint density at radius 2 is 2.27 bits per heavy atom. The first-order valence-electron chi connectivity index (χ1n) is 6.90. The van der Waals surface area contributed by atoms with Gasteiger partial charge in [-0.05, 0) is 24.6 Å². The number of carbonyl (C=O) groups excluding carboxylic acids is 1. The summed E-state index contributed by atoms with van der Waals surface area (Å²) in [4.78, 5) is 15.6. The van der Waals surface area contributed by atoms with Gasteiger partial charge in [0.1, 0.15) is 17.8 Å². The van der Waals surface area contributed by atoms with Gasteiger partial charge < -0.3 is 9.73 Å². The number of benzene rings is 1. The van der Waals surface area contributed by atoms with Crippen molar-refractivity contribution >= 4 is 16.7 Å². The number of hydrogen-bond donors (Lipinski definition) is 1. The van der Waals surface area contributed by atoms with Crippen LogP contribution in [-0.4, -0.2) is 27.4 Å². The SMILES string of the molecule is CCCNC(=O)CS(=O)Cc1coc(-c2cccc(F)c2)n1. The van der Waals surface area contributed by atoms with Crippen molar-refractivity contribution in [3.63, 3.8) is 0 Å². The van der Waals surface area contributed by atoms with Crippen LogP contribution in [0.3, 0.4) is 0 Å². The molecule has 0 saturated carbocycles. The molecule has 2 aromatic rings. The molecular formula is C15H17FN2O3S. The summed E-state index contributed by atoms with van der Waals surface area (Å²) in [7, 11) is -1.36. The molecule has 1 aromatic carbocycles. The normalized spacial score (nSPS) is 12.1. The lowest BCUT2D eigenvalue weighted by atomic mass is 10.2. The van der Waals surface area contributed by atoms with Gasteiger partial charge in [-0.2, -0.15) is 0 Å². The molecule has 0 saturated heterocycles. The van der Waals surface area contributed by atoms with Crippen LogP contribution in [0.2, 0.25) is 0 Å². The lowest BCUT2D eigenvalue weighted by Crippen LogP contribution is -2.29. The van der Waals surface area contributed by atoms with Crippen LogP contribution in [0.5, 0.6) is 0 Å². The second-order valence-corrected chi connectivity index (χ2v) is 6.19. The average molecular weight is 324 g/mol. The summed E-state index contributed by atoms with van der Waals surface area (Å²) in [6, 6.07) is 5.88. The predicted molar refractivity (Wildman–Crippen MR) is 81.9 cm³/mol. The van der Waals surface area contributed by atoms with Crippen LogP contribution >= 0.6 is 0 Å². The van der Waals surface area contributed by atoms with E-state index in [2.05, 4.69) is 10.3 Å². The maximum atomic E-state index is 13.2. The van der Waals surface area contributed by atoms with Crippen molar-refractivity contribution in [1.82, 2.24) is 10.3 Å². The highest BCUT2D eigenvalue weighted by Gasteiger charge is 2.12. The Morgan fingerprint density at radius 3 is 3.00 bits per heavy atom. The van der Waals surface area contributed by atoms with E-state index in [-0.39, 0.29) is 29.1 Å². The summed E-state index contributed by atoms with van der Waals surface area (Å²) < 4.78 is 30.3. The molecule has 1 aromatic heterocycles. The number of carbonyl (C=O) groups is 1. The molecule has 0 spiro atoms. The van der Waals surface area contributed by atoms with E-state index in [9.17, 15) is 13.4 Å². The van der Waals surface area contributed by atoms with Crippen LogP contribution in [-0.2, 0) is 21.3 Å². The lowest BCUT2D eigenvalue weighted by Gasteiger charge is -2.02. The molecular weight excluding hydrogens is 307 g/mol. The van der Waals surface area contributed by atoms with Gasteiger partial charge in [-0.3, -0.25) is 9.00 Å². The number of amides is 1. The maximum Gasteiger partial charge on any atom is 0.232 e. The van der Waals surface area contributed by atoms with Crippen molar-refractivity contribution in [2.24, 2.45) is 0 Å². The summed E-state index contributed by atoms with van der Waals surface area (Å²) in [5.41, 5.74) is 0.985. The standard InChI is InChI=1S/C15H17FN2O3S/c1-2-6-17-14(19)10-22(20)9-13-8-21-15(18-13)11-4-3-5-12(16)7-11/h3-5,7-8H,2,6,9-10H2,1H3,(H,17,19). The van der Waals surface area contributed by atoms with Crippen molar-refractivity contribution < 1.29 is 17.8 Å². The molecule has 0 aliphatic rings. The van der Waals surface area contributed by atoms with E-state index in [1.54, 1.807) is 12.1 Å². The zero-order valence-electron chi connectivity index (χ0n) is 12.2. The molecule has 1 unspecified atom stereocenters. The molecule has 1 atom stereocenters. The average Bonchev–Trinajstić information content (AvgIpc) is 2.93. The van der Waals surface area contributed by atoms with Gasteiger partial charge in [0, 0.05) is 22.9 Å². The summed E-state index contributed by atoms with van der Waals surface area (Å²) in [6.07, 6.45) is 2.21.